The minimum absolute atomic E-state index is 0.318. The number of carbonyl (C=O) groups is 1. The smallest absolute Gasteiger partial charge is 0.407 e. The number of nitrogens with zero attached hydrogens (tertiary/aromatic N) is 2. The zero-order chi connectivity index (χ0) is 19.0. The average molecular weight is 380 g/mol. The van der Waals surface area contributed by atoms with Gasteiger partial charge in [0.15, 0.2) is 0 Å². The van der Waals surface area contributed by atoms with Crippen molar-refractivity contribution in [3.05, 3.63) is 35.1 Å². The molecule has 2 rings (SSSR count). The van der Waals surface area contributed by atoms with E-state index in [1.54, 1.807) is 18.2 Å². The lowest BCUT2D eigenvalue weighted by molar-refractivity contribution is 0.0527. The minimum Gasteiger partial charge on any atom is -0.444 e. The van der Waals surface area contributed by atoms with Gasteiger partial charge in [-0.2, -0.15) is 0 Å². The summed E-state index contributed by atoms with van der Waals surface area (Å²) in [7, 11) is 0. The molecule has 0 aliphatic carbocycles. The number of halogens is 1. The molecule has 0 unspecified atom stereocenters. The summed E-state index contributed by atoms with van der Waals surface area (Å²) in [4.78, 5) is 11.5. The Hall–Kier alpha value is -2.22. The number of para-hydroxylation sites is 1. The first-order chi connectivity index (χ1) is 12.3. The molecule has 0 radical (unpaired) electrons. The molecule has 2 N–H and O–H groups in total. The number of carbonyl (C=O) groups excluding carboxylic acids is 1. The summed E-state index contributed by atoms with van der Waals surface area (Å²) in [6, 6.07) is 6.46. The number of anilines is 2. The second-order valence-corrected chi connectivity index (χ2v) is 7.91. The van der Waals surface area contributed by atoms with Gasteiger partial charge in [-0.3, -0.25) is 0 Å². The van der Waals surface area contributed by atoms with E-state index in [1.807, 2.05) is 20.8 Å². The van der Waals surface area contributed by atoms with E-state index >= 15 is 0 Å². The number of unbranched alkanes of at least 4 members (excludes halogenated alkanes) is 2. The number of amides is 1. The van der Waals surface area contributed by atoms with Crippen LogP contribution in [0.1, 0.15) is 45.0 Å². The number of hydrogen-bond donors (Lipinski definition) is 2. The summed E-state index contributed by atoms with van der Waals surface area (Å²) < 4.78 is 18.8. The molecule has 2 aromatic rings. The van der Waals surface area contributed by atoms with Crippen LogP contribution in [0.2, 0.25) is 0 Å². The fourth-order valence-electron chi connectivity index (χ4n) is 2.17. The van der Waals surface area contributed by atoms with Gasteiger partial charge in [0, 0.05) is 13.0 Å². The molecule has 1 amide bonds. The van der Waals surface area contributed by atoms with Crippen molar-refractivity contribution in [2.24, 2.45) is 0 Å². The summed E-state index contributed by atoms with van der Waals surface area (Å²) in [5, 5.41) is 15.3. The predicted octanol–water partition coefficient (Wildman–Crippen LogP) is 4.66. The molecule has 0 aliphatic rings. The predicted molar refractivity (Wildman–Crippen MR) is 101 cm³/mol. The van der Waals surface area contributed by atoms with Gasteiger partial charge in [0.1, 0.15) is 16.4 Å². The zero-order valence-electron chi connectivity index (χ0n) is 15.3. The molecule has 0 saturated carbocycles. The molecule has 0 aliphatic heterocycles. The van der Waals surface area contributed by atoms with Crippen LogP contribution in [-0.2, 0) is 11.2 Å². The van der Waals surface area contributed by atoms with Crippen molar-refractivity contribution in [1.29, 1.82) is 0 Å². The van der Waals surface area contributed by atoms with E-state index in [9.17, 15) is 9.18 Å². The molecule has 0 saturated heterocycles. The Morgan fingerprint density at radius 2 is 1.96 bits per heavy atom. The molecule has 26 heavy (non-hydrogen) atoms. The second-order valence-electron chi connectivity index (χ2n) is 6.85. The molecule has 1 aromatic heterocycles. The van der Waals surface area contributed by atoms with Crippen molar-refractivity contribution in [3.8, 4) is 0 Å². The van der Waals surface area contributed by atoms with E-state index in [-0.39, 0.29) is 11.9 Å². The van der Waals surface area contributed by atoms with Gasteiger partial charge in [-0.25, -0.2) is 9.18 Å². The Balaban J connectivity index is 1.63. The zero-order valence-corrected chi connectivity index (χ0v) is 16.2. The third kappa shape index (κ3) is 7.35. The molecule has 0 atom stereocenters. The minimum atomic E-state index is -0.476. The van der Waals surface area contributed by atoms with Crippen LogP contribution in [0.3, 0.4) is 0 Å². The quantitative estimate of drug-likeness (QED) is 0.652. The highest BCUT2D eigenvalue weighted by Crippen LogP contribution is 2.23. The topological polar surface area (TPSA) is 76.1 Å². The number of nitrogens with one attached hydrogen (secondary N) is 2. The summed E-state index contributed by atoms with van der Waals surface area (Å²) in [5.41, 5.74) is -0.0838. The van der Waals surface area contributed by atoms with E-state index in [0.717, 1.165) is 30.7 Å². The Morgan fingerprint density at radius 3 is 2.69 bits per heavy atom. The van der Waals surface area contributed by atoms with Crippen LogP contribution in [-0.4, -0.2) is 28.4 Å². The number of alkyl carbamates (subject to hydrolysis) is 1. The van der Waals surface area contributed by atoms with Gasteiger partial charge < -0.3 is 15.4 Å². The normalized spacial score (nSPS) is 11.2. The monoisotopic (exact) mass is 380 g/mol. The third-order valence-corrected chi connectivity index (χ3v) is 4.22. The van der Waals surface area contributed by atoms with Crippen LogP contribution in [0.4, 0.5) is 20.0 Å². The molecule has 0 fully saturated rings. The summed E-state index contributed by atoms with van der Waals surface area (Å²) >= 11 is 1.42. The Morgan fingerprint density at radius 1 is 1.19 bits per heavy atom. The van der Waals surface area contributed by atoms with Crippen molar-refractivity contribution < 1.29 is 13.9 Å². The Labute approximate surface area is 157 Å². The maximum atomic E-state index is 13.6. The van der Waals surface area contributed by atoms with Crippen LogP contribution >= 0.6 is 11.3 Å². The largest absolute Gasteiger partial charge is 0.444 e. The van der Waals surface area contributed by atoms with Gasteiger partial charge in [0.25, 0.3) is 0 Å². The number of benzene rings is 1. The number of aromatic nitrogens is 2. The lowest BCUT2D eigenvalue weighted by atomic mass is 10.2. The average Bonchev–Trinajstić information content (AvgIpc) is 2.99. The number of ether oxygens (including phenoxy) is 1. The molecule has 0 spiro atoms. The van der Waals surface area contributed by atoms with E-state index in [4.69, 9.17) is 4.74 Å². The molecular weight excluding hydrogens is 355 g/mol. The fraction of sp³-hybridized carbons (Fsp3) is 0.500. The van der Waals surface area contributed by atoms with E-state index in [1.165, 1.54) is 17.4 Å². The molecule has 0 bridgehead atoms. The van der Waals surface area contributed by atoms with Crippen molar-refractivity contribution in [2.45, 2.75) is 52.1 Å². The highest BCUT2D eigenvalue weighted by Gasteiger charge is 2.15. The summed E-state index contributed by atoms with van der Waals surface area (Å²) in [6.07, 6.45) is 3.21. The lowest BCUT2D eigenvalue weighted by Crippen LogP contribution is -2.32. The lowest BCUT2D eigenvalue weighted by Gasteiger charge is -2.19. The van der Waals surface area contributed by atoms with Crippen LogP contribution in [0.5, 0.6) is 0 Å². The van der Waals surface area contributed by atoms with E-state index < -0.39 is 5.60 Å². The maximum absolute atomic E-state index is 13.6. The maximum Gasteiger partial charge on any atom is 0.407 e. The first-order valence-corrected chi connectivity index (χ1v) is 9.46. The van der Waals surface area contributed by atoms with Crippen LogP contribution in [0.15, 0.2) is 24.3 Å². The van der Waals surface area contributed by atoms with Gasteiger partial charge >= 0.3 is 6.09 Å². The standard InChI is InChI=1S/C18H25FN4O2S/c1-18(2,3)25-17(24)20-12-8-4-5-11-15-22-23-16(26-15)21-14-10-7-6-9-13(14)19/h6-7,9-10H,4-5,8,11-12H2,1-3H3,(H,20,24)(H,21,23). The number of aryl methyl sites for hydroxylation is 1. The highest BCUT2D eigenvalue weighted by atomic mass is 32.1. The Bertz CT molecular complexity index is 715. The highest BCUT2D eigenvalue weighted by molar-refractivity contribution is 7.15. The van der Waals surface area contributed by atoms with Crippen molar-refractivity contribution in [2.75, 3.05) is 11.9 Å². The van der Waals surface area contributed by atoms with Crippen molar-refractivity contribution in [3.63, 3.8) is 0 Å². The van der Waals surface area contributed by atoms with Crippen LogP contribution in [0.25, 0.3) is 0 Å². The first-order valence-electron chi connectivity index (χ1n) is 8.64. The molecule has 1 aromatic carbocycles. The van der Waals surface area contributed by atoms with Gasteiger partial charge in [-0.1, -0.05) is 29.9 Å². The molecule has 6 nitrogen and oxygen atoms in total. The van der Waals surface area contributed by atoms with E-state index in [2.05, 4.69) is 20.8 Å². The Kier molecular flexibility index (Phi) is 7.32. The second kappa shape index (κ2) is 9.47. The molecule has 142 valence electrons. The van der Waals surface area contributed by atoms with Gasteiger partial charge in [-0.15, -0.1) is 10.2 Å². The number of hydrogen-bond acceptors (Lipinski definition) is 6. The van der Waals surface area contributed by atoms with Crippen molar-refractivity contribution in [1.82, 2.24) is 15.5 Å². The summed E-state index contributed by atoms with van der Waals surface area (Å²) in [5.74, 6) is -0.318. The van der Waals surface area contributed by atoms with Gasteiger partial charge in [-0.05, 0) is 45.7 Å². The van der Waals surface area contributed by atoms with Crippen LogP contribution < -0.4 is 10.6 Å². The first kappa shape index (κ1) is 20.1. The SMILES string of the molecule is CC(C)(C)OC(=O)NCCCCCc1nnc(Nc2ccccc2F)s1. The van der Waals surface area contributed by atoms with Gasteiger partial charge in [0.2, 0.25) is 5.13 Å². The molecular formula is C18H25FN4O2S. The fourth-order valence-corrected chi connectivity index (χ4v) is 2.96. The summed E-state index contributed by atoms with van der Waals surface area (Å²) in [6.45, 7) is 6.10. The van der Waals surface area contributed by atoms with Crippen LogP contribution in [0, 0.1) is 5.82 Å². The van der Waals surface area contributed by atoms with Crippen molar-refractivity contribution >= 4 is 28.2 Å². The van der Waals surface area contributed by atoms with Gasteiger partial charge in [0.05, 0.1) is 5.69 Å². The molecule has 8 heteroatoms. The third-order valence-electron chi connectivity index (χ3n) is 3.32. The number of rotatable bonds is 8. The molecule has 1 heterocycles. The van der Waals surface area contributed by atoms with E-state index in [0.29, 0.717) is 17.4 Å².